The molecule has 0 bridgehead atoms. The van der Waals surface area contributed by atoms with Crippen LogP contribution in [0.2, 0.25) is 0 Å². The molecule has 1 aliphatic heterocycles. The summed E-state index contributed by atoms with van der Waals surface area (Å²) in [5, 5.41) is 8.47. The lowest BCUT2D eigenvalue weighted by Gasteiger charge is -2.34. The van der Waals surface area contributed by atoms with E-state index in [1.807, 2.05) is 15.8 Å². The maximum Gasteiger partial charge on any atom is 0.272 e. The van der Waals surface area contributed by atoms with Gasteiger partial charge in [0.15, 0.2) is 0 Å². The molecule has 1 saturated heterocycles. The van der Waals surface area contributed by atoms with Gasteiger partial charge in [0.05, 0.1) is 6.20 Å². The lowest BCUT2D eigenvalue weighted by atomic mass is 10.2. The Morgan fingerprint density at radius 3 is 2.52 bits per heavy atom. The van der Waals surface area contributed by atoms with E-state index < -0.39 is 0 Å². The van der Waals surface area contributed by atoms with Crippen molar-refractivity contribution in [1.29, 1.82) is 0 Å². The molecule has 0 saturated carbocycles. The number of hydrogen-bond acceptors (Lipinski definition) is 4. The maximum absolute atomic E-state index is 12.5. The van der Waals surface area contributed by atoms with Gasteiger partial charge < -0.3 is 4.90 Å². The lowest BCUT2D eigenvalue weighted by molar-refractivity contribution is 0.0617. The summed E-state index contributed by atoms with van der Waals surface area (Å²) in [6, 6.07) is 1.78. The van der Waals surface area contributed by atoms with Crippen LogP contribution in [-0.2, 0) is 20.1 Å². The number of nitrogens with zero attached hydrogens (tertiary/aromatic N) is 6. The zero-order valence-corrected chi connectivity index (χ0v) is 14.1. The number of piperazine rings is 1. The van der Waals surface area contributed by atoms with Crippen molar-refractivity contribution in [3.8, 4) is 0 Å². The Labute approximate surface area is 136 Å². The fourth-order valence-corrected chi connectivity index (χ4v) is 3.05. The van der Waals surface area contributed by atoms with Gasteiger partial charge in [-0.05, 0) is 19.9 Å². The molecule has 2 aromatic heterocycles. The first-order chi connectivity index (χ1) is 11.1. The van der Waals surface area contributed by atoms with Crippen LogP contribution in [0.15, 0.2) is 18.5 Å². The summed E-state index contributed by atoms with van der Waals surface area (Å²) in [6.07, 6.45) is 3.63. The minimum atomic E-state index is 0.0691. The Bertz CT molecular complexity index is 681. The highest BCUT2D eigenvalue weighted by molar-refractivity contribution is 5.92. The SMILES string of the molecule is CCn1ncc(CN2CCN(C(=O)c3ccnn3C)CC2)c1C. The quantitative estimate of drug-likeness (QED) is 0.841. The zero-order chi connectivity index (χ0) is 16.4. The minimum absolute atomic E-state index is 0.0691. The van der Waals surface area contributed by atoms with Crippen LogP contribution in [0.3, 0.4) is 0 Å². The average molecular weight is 316 g/mol. The normalized spacial score (nSPS) is 16.0. The van der Waals surface area contributed by atoms with E-state index in [1.54, 1.807) is 24.0 Å². The molecular formula is C16H24N6O. The van der Waals surface area contributed by atoms with Gasteiger partial charge in [0, 0.05) is 63.8 Å². The number of aryl methyl sites for hydroxylation is 2. The monoisotopic (exact) mass is 316 g/mol. The van der Waals surface area contributed by atoms with Crippen molar-refractivity contribution in [1.82, 2.24) is 29.4 Å². The van der Waals surface area contributed by atoms with Crippen molar-refractivity contribution in [3.05, 3.63) is 35.4 Å². The van der Waals surface area contributed by atoms with E-state index in [2.05, 4.69) is 28.9 Å². The highest BCUT2D eigenvalue weighted by Gasteiger charge is 2.24. The second-order valence-electron chi connectivity index (χ2n) is 5.98. The predicted molar refractivity (Wildman–Crippen MR) is 87.0 cm³/mol. The fraction of sp³-hybridized carbons (Fsp3) is 0.562. The van der Waals surface area contributed by atoms with Crippen molar-refractivity contribution in [3.63, 3.8) is 0 Å². The van der Waals surface area contributed by atoms with Gasteiger partial charge >= 0.3 is 0 Å². The molecule has 0 atom stereocenters. The highest BCUT2D eigenvalue weighted by atomic mass is 16.2. The second-order valence-corrected chi connectivity index (χ2v) is 5.98. The summed E-state index contributed by atoms with van der Waals surface area (Å²) >= 11 is 0. The van der Waals surface area contributed by atoms with Crippen molar-refractivity contribution >= 4 is 5.91 Å². The Morgan fingerprint density at radius 2 is 1.96 bits per heavy atom. The van der Waals surface area contributed by atoms with Gasteiger partial charge in [0.25, 0.3) is 5.91 Å². The van der Waals surface area contributed by atoms with E-state index in [-0.39, 0.29) is 5.91 Å². The Hall–Kier alpha value is -2.15. The molecule has 0 N–H and O–H groups in total. The van der Waals surface area contributed by atoms with Crippen LogP contribution in [0.4, 0.5) is 0 Å². The third kappa shape index (κ3) is 3.14. The molecule has 7 heteroatoms. The summed E-state index contributed by atoms with van der Waals surface area (Å²) in [6.45, 7) is 9.32. The van der Waals surface area contributed by atoms with Gasteiger partial charge in [-0.1, -0.05) is 0 Å². The van der Waals surface area contributed by atoms with Crippen LogP contribution >= 0.6 is 0 Å². The average Bonchev–Trinajstić information content (AvgIpc) is 3.14. The van der Waals surface area contributed by atoms with Gasteiger partial charge in [-0.15, -0.1) is 0 Å². The molecule has 23 heavy (non-hydrogen) atoms. The first-order valence-electron chi connectivity index (χ1n) is 8.11. The summed E-state index contributed by atoms with van der Waals surface area (Å²) < 4.78 is 3.66. The third-order valence-corrected chi connectivity index (χ3v) is 4.60. The molecule has 1 aliphatic rings. The molecule has 0 spiro atoms. The summed E-state index contributed by atoms with van der Waals surface area (Å²) in [5.41, 5.74) is 3.16. The van der Waals surface area contributed by atoms with Crippen LogP contribution in [0.25, 0.3) is 0 Å². The minimum Gasteiger partial charge on any atom is -0.335 e. The standard InChI is InChI=1S/C16H24N6O/c1-4-22-13(2)14(11-18-22)12-20-7-9-21(10-8-20)16(23)15-5-6-17-19(15)3/h5-6,11H,4,7-10,12H2,1-3H3. The Morgan fingerprint density at radius 1 is 1.22 bits per heavy atom. The summed E-state index contributed by atoms with van der Waals surface area (Å²) in [7, 11) is 1.80. The van der Waals surface area contributed by atoms with E-state index in [4.69, 9.17) is 0 Å². The van der Waals surface area contributed by atoms with Crippen LogP contribution in [0, 0.1) is 6.92 Å². The lowest BCUT2D eigenvalue weighted by Crippen LogP contribution is -2.48. The first kappa shape index (κ1) is 15.7. The Kier molecular flexibility index (Phi) is 4.47. The first-order valence-corrected chi connectivity index (χ1v) is 8.11. The van der Waals surface area contributed by atoms with E-state index in [9.17, 15) is 4.79 Å². The number of amides is 1. The second kappa shape index (κ2) is 6.54. The van der Waals surface area contributed by atoms with Crippen molar-refractivity contribution in [2.45, 2.75) is 26.9 Å². The molecule has 7 nitrogen and oxygen atoms in total. The molecule has 1 fully saturated rings. The predicted octanol–water partition coefficient (Wildman–Crippen LogP) is 0.903. The van der Waals surface area contributed by atoms with E-state index in [1.165, 1.54) is 11.3 Å². The molecule has 1 amide bonds. The summed E-state index contributed by atoms with van der Waals surface area (Å²) in [5.74, 6) is 0.0691. The molecule has 0 aromatic carbocycles. The number of carbonyl (C=O) groups excluding carboxylic acids is 1. The van der Waals surface area contributed by atoms with E-state index >= 15 is 0 Å². The topological polar surface area (TPSA) is 59.2 Å². The Balaban J connectivity index is 1.57. The third-order valence-electron chi connectivity index (χ3n) is 4.60. The zero-order valence-electron chi connectivity index (χ0n) is 14.1. The number of hydrogen-bond donors (Lipinski definition) is 0. The number of carbonyl (C=O) groups is 1. The van der Waals surface area contributed by atoms with E-state index in [0.29, 0.717) is 5.69 Å². The van der Waals surface area contributed by atoms with Crippen molar-refractivity contribution in [2.24, 2.45) is 7.05 Å². The molecule has 124 valence electrons. The van der Waals surface area contributed by atoms with Gasteiger partial charge in [-0.2, -0.15) is 10.2 Å². The van der Waals surface area contributed by atoms with Gasteiger partial charge in [0.2, 0.25) is 0 Å². The van der Waals surface area contributed by atoms with Gasteiger partial charge in [-0.25, -0.2) is 0 Å². The molecule has 2 aromatic rings. The fourth-order valence-electron chi connectivity index (χ4n) is 3.05. The van der Waals surface area contributed by atoms with Crippen LogP contribution in [0.5, 0.6) is 0 Å². The molecule has 3 heterocycles. The molecule has 0 unspecified atom stereocenters. The van der Waals surface area contributed by atoms with Crippen LogP contribution in [-0.4, -0.2) is 61.4 Å². The molecule has 0 aliphatic carbocycles. The number of rotatable bonds is 4. The van der Waals surface area contributed by atoms with Crippen LogP contribution < -0.4 is 0 Å². The molecule has 3 rings (SSSR count). The smallest absolute Gasteiger partial charge is 0.272 e. The van der Waals surface area contributed by atoms with E-state index in [0.717, 1.165) is 39.3 Å². The van der Waals surface area contributed by atoms with Crippen molar-refractivity contribution in [2.75, 3.05) is 26.2 Å². The molecule has 0 radical (unpaired) electrons. The van der Waals surface area contributed by atoms with Crippen LogP contribution in [0.1, 0.15) is 28.7 Å². The molecular weight excluding hydrogens is 292 g/mol. The van der Waals surface area contributed by atoms with Gasteiger partial charge in [0.1, 0.15) is 5.69 Å². The van der Waals surface area contributed by atoms with Crippen molar-refractivity contribution < 1.29 is 4.79 Å². The summed E-state index contributed by atoms with van der Waals surface area (Å²) in [4.78, 5) is 16.8. The largest absolute Gasteiger partial charge is 0.335 e. The maximum atomic E-state index is 12.5. The number of aromatic nitrogens is 4. The van der Waals surface area contributed by atoms with Gasteiger partial charge in [-0.3, -0.25) is 19.1 Å². The highest BCUT2D eigenvalue weighted by Crippen LogP contribution is 2.14.